The number of ether oxygens (including phenoxy) is 2. The molecule has 14 heavy (non-hydrogen) atoms. The summed E-state index contributed by atoms with van der Waals surface area (Å²) < 4.78 is 12.4. The van der Waals surface area contributed by atoms with Crippen molar-refractivity contribution in [3.63, 3.8) is 0 Å². The van der Waals surface area contributed by atoms with Crippen LogP contribution in [0, 0.1) is 0 Å². The fourth-order valence-electron chi connectivity index (χ4n) is 1.87. The second-order valence-electron chi connectivity index (χ2n) is 4.65. The van der Waals surface area contributed by atoms with Crippen LogP contribution in [0.4, 0.5) is 0 Å². The molecule has 1 fully saturated rings. The largest absolute Gasteiger partial charge is 0.381 e. The van der Waals surface area contributed by atoms with Crippen molar-refractivity contribution in [2.75, 3.05) is 11.5 Å². The number of halogens is 1. The minimum absolute atomic E-state index is 0.0329. The first-order valence-corrected chi connectivity index (χ1v) is 6.86. The number of rotatable bonds is 4. The molecule has 84 valence electrons. The maximum absolute atomic E-state index is 6.06. The van der Waals surface area contributed by atoms with E-state index >= 15 is 0 Å². The third kappa shape index (κ3) is 4.03. The summed E-state index contributed by atoms with van der Waals surface area (Å²) in [5.74, 6) is 0. The van der Waals surface area contributed by atoms with E-state index in [1.54, 1.807) is 7.11 Å². The lowest BCUT2D eigenvalue weighted by atomic mass is 9.94. The van der Waals surface area contributed by atoms with E-state index in [4.69, 9.17) is 9.47 Å². The Morgan fingerprint density at radius 1 is 1.14 bits per heavy atom. The fourth-order valence-corrected chi connectivity index (χ4v) is 2.05. The van der Waals surface area contributed by atoms with Crippen molar-refractivity contribution in [1.29, 1.82) is 0 Å². The van der Waals surface area contributed by atoms with Crippen molar-refractivity contribution < 1.29 is 9.47 Å². The average Bonchev–Trinajstić information content (AvgIpc) is 2.19. The summed E-state index contributed by atoms with van der Waals surface area (Å²) in [7, 11) is 1.81. The van der Waals surface area contributed by atoms with Crippen molar-refractivity contribution in [3.8, 4) is 0 Å². The molecule has 0 spiro atoms. The molecule has 2 nitrogen and oxygen atoms in total. The molecule has 1 rings (SSSR count). The molecule has 0 saturated heterocycles. The Morgan fingerprint density at radius 2 is 1.64 bits per heavy atom. The van der Waals surface area contributed by atoms with Gasteiger partial charge >= 0.3 is 0 Å². The predicted octanol–water partition coefficient (Wildman–Crippen LogP) is 3.17. The normalized spacial score (nSPS) is 29.1. The van der Waals surface area contributed by atoms with Crippen LogP contribution in [0.25, 0.3) is 0 Å². The van der Waals surface area contributed by atoms with Gasteiger partial charge in [-0.2, -0.15) is 0 Å². The van der Waals surface area contributed by atoms with E-state index in [2.05, 4.69) is 36.4 Å². The second-order valence-corrected chi connectivity index (χ2v) is 5.41. The molecule has 0 amide bonds. The smallest absolute Gasteiger partial charge is 0.0719 e. The number of hydrogen-bond donors (Lipinski definition) is 0. The van der Waals surface area contributed by atoms with Crippen LogP contribution in [-0.2, 0) is 9.47 Å². The Bertz CT molecular complexity index is 163. The van der Waals surface area contributed by atoms with Crippen molar-refractivity contribution in [1.82, 2.24) is 0 Å². The summed E-state index contributed by atoms with van der Waals surface area (Å²) in [5, 5.41) is 0. The van der Waals surface area contributed by atoms with E-state index in [1.807, 2.05) is 0 Å². The van der Waals surface area contributed by atoms with Gasteiger partial charge in [-0.3, -0.25) is 0 Å². The van der Waals surface area contributed by atoms with Gasteiger partial charge in [-0.05, 0) is 39.5 Å². The van der Waals surface area contributed by atoms with E-state index in [1.165, 1.54) is 0 Å². The highest BCUT2D eigenvalue weighted by Crippen LogP contribution is 2.27. The van der Waals surface area contributed by atoms with E-state index < -0.39 is 0 Å². The van der Waals surface area contributed by atoms with Gasteiger partial charge in [0, 0.05) is 11.5 Å². The predicted molar refractivity (Wildman–Crippen MR) is 67.1 cm³/mol. The fraction of sp³-hybridized carbons (Fsp3) is 1.00. The summed E-state index contributed by atoms with van der Waals surface area (Å²) in [6, 6.07) is 0. The van der Waals surface area contributed by atoms with E-state index in [-0.39, 0.29) is 5.60 Å². The topological polar surface area (TPSA) is 18.5 Å². The van der Waals surface area contributed by atoms with Gasteiger partial charge in [-0.25, -0.2) is 0 Å². The SMILES string of the molecule is COC1CCC(OC(C)(C)CI)CC1. The van der Waals surface area contributed by atoms with Gasteiger partial charge in [0.2, 0.25) is 0 Å². The minimum atomic E-state index is 0.0329. The number of methoxy groups -OCH3 is 1. The Kier molecular flexibility index (Phi) is 5.14. The van der Waals surface area contributed by atoms with Crippen LogP contribution in [0.15, 0.2) is 0 Å². The third-order valence-electron chi connectivity index (χ3n) is 2.76. The molecule has 1 aliphatic carbocycles. The maximum atomic E-state index is 6.06. The molecule has 1 saturated carbocycles. The Hall–Kier alpha value is 0.650. The van der Waals surface area contributed by atoms with Crippen molar-refractivity contribution in [2.24, 2.45) is 0 Å². The zero-order valence-corrected chi connectivity index (χ0v) is 11.5. The Morgan fingerprint density at radius 3 is 2.07 bits per heavy atom. The van der Waals surface area contributed by atoms with Crippen LogP contribution in [0.1, 0.15) is 39.5 Å². The van der Waals surface area contributed by atoms with Crippen molar-refractivity contribution in [3.05, 3.63) is 0 Å². The van der Waals surface area contributed by atoms with Gasteiger partial charge in [0.05, 0.1) is 17.8 Å². The molecular weight excluding hydrogens is 291 g/mol. The molecule has 3 heteroatoms. The highest BCUT2D eigenvalue weighted by Gasteiger charge is 2.26. The standard InChI is InChI=1S/C11H21IO2/c1-11(2,8-12)14-10-6-4-9(13-3)5-7-10/h9-10H,4-8H2,1-3H3. The molecule has 0 aromatic heterocycles. The highest BCUT2D eigenvalue weighted by atomic mass is 127. The first-order chi connectivity index (χ1) is 6.57. The molecule has 1 aliphatic rings. The lowest BCUT2D eigenvalue weighted by Gasteiger charge is -2.33. The van der Waals surface area contributed by atoms with Crippen LogP contribution in [0.3, 0.4) is 0 Å². The van der Waals surface area contributed by atoms with Crippen molar-refractivity contribution >= 4 is 22.6 Å². The first kappa shape index (κ1) is 12.7. The quantitative estimate of drug-likeness (QED) is 0.586. The summed E-state index contributed by atoms with van der Waals surface area (Å²) in [6.45, 7) is 4.34. The minimum Gasteiger partial charge on any atom is -0.381 e. The van der Waals surface area contributed by atoms with Crippen LogP contribution in [0.2, 0.25) is 0 Å². The molecule has 0 bridgehead atoms. The van der Waals surface area contributed by atoms with Crippen LogP contribution in [0.5, 0.6) is 0 Å². The number of alkyl halides is 1. The van der Waals surface area contributed by atoms with Crippen molar-refractivity contribution in [2.45, 2.75) is 57.3 Å². The molecule has 0 aliphatic heterocycles. The zero-order chi connectivity index (χ0) is 10.6. The monoisotopic (exact) mass is 312 g/mol. The van der Waals surface area contributed by atoms with Gasteiger partial charge in [0.25, 0.3) is 0 Å². The van der Waals surface area contributed by atoms with Gasteiger partial charge < -0.3 is 9.47 Å². The zero-order valence-electron chi connectivity index (χ0n) is 9.38. The van der Waals surface area contributed by atoms with Gasteiger partial charge in [0.15, 0.2) is 0 Å². The van der Waals surface area contributed by atoms with Gasteiger partial charge in [0.1, 0.15) is 0 Å². The van der Waals surface area contributed by atoms with E-state index in [0.29, 0.717) is 12.2 Å². The Balaban J connectivity index is 2.28. The molecule has 0 N–H and O–H groups in total. The number of hydrogen-bond acceptors (Lipinski definition) is 2. The van der Waals surface area contributed by atoms with Crippen LogP contribution >= 0.6 is 22.6 Å². The average molecular weight is 312 g/mol. The summed E-state index contributed by atoms with van der Waals surface area (Å²) in [6.07, 6.45) is 5.53. The molecule has 0 atom stereocenters. The molecule has 0 heterocycles. The van der Waals surface area contributed by atoms with Gasteiger partial charge in [-0.1, -0.05) is 22.6 Å². The molecule has 0 radical (unpaired) electrons. The van der Waals surface area contributed by atoms with E-state index in [9.17, 15) is 0 Å². The summed E-state index contributed by atoms with van der Waals surface area (Å²) in [5.41, 5.74) is 0.0329. The highest BCUT2D eigenvalue weighted by molar-refractivity contribution is 14.1. The van der Waals surface area contributed by atoms with E-state index in [0.717, 1.165) is 30.1 Å². The molecule has 0 aromatic rings. The van der Waals surface area contributed by atoms with Gasteiger partial charge in [-0.15, -0.1) is 0 Å². The second kappa shape index (κ2) is 5.66. The Labute approximate surface area is 101 Å². The van der Waals surface area contributed by atoms with Crippen LogP contribution < -0.4 is 0 Å². The maximum Gasteiger partial charge on any atom is 0.0719 e. The molecule has 0 aromatic carbocycles. The third-order valence-corrected chi connectivity index (χ3v) is 4.60. The molecule has 0 unspecified atom stereocenters. The lowest BCUT2D eigenvalue weighted by Crippen LogP contribution is -2.35. The first-order valence-electron chi connectivity index (χ1n) is 5.34. The molecular formula is C11H21IO2. The van der Waals surface area contributed by atoms with Crippen LogP contribution in [-0.4, -0.2) is 29.3 Å². The summed E-state index contributed by atoms with van der Waals surface area (Å²) in [4.78, 5) is 0. The summed E-state index contributed by atoms with van der Waals surface area (Å²) >= 11 is 2.39. The lowest BCUT2D eigenvalue weighted by molar-refractivity contribution is -0.0852.